The smallest absolute Gasteiger partial charge is 0.267 e. The molecule has 114 valence electrons. The molecule has 5 heteroatoms. The molecular weight excluding hydrogens is 264 g/mol. The highest BCUT2D eigenvalue weighted by atomic mass is 16.1. The van der Waals surface area contributed by atoms with Gasteiger partial charge in [-0.2, -0.15) is 0 Å². The van der Waals surface area contributed by atoms with Crippen LogP contribution in [0.25, 0.3) is 10.9 Å². The van der Waals surface area contributed by atoms with Gasteiger partial charge in [0.1, 0.15) is 5.69 Å². The molecule has 0 fully saturated rings. The Hall–Kier alpha value is -2.01. The van der Waals surface area contributed by atoms with Gasteiger partial charge in [-0.05, 0) is 44.3 Å². The van der Waals surface area contributed by atoms with Gasteiger partial charge in [0.15, 0.2) is 0 Å². The molecule has 5 nitrogen and oxygen atoms in total. The van der Waals surface area contributed by atoms with Gasteiger partial charge in [0.25, 0.3) is 5.91 Å². The van der Waals surface area contributed by atoms with Gasteiger partial charge in [-0.25, -0.2) is 0 Å². The minimum atomic E-state index is -0.0792. The van der Waals surface area contributed by atoms with Crippen LogP contribution in [0.5, 0.6) is 0 Å². The summed E-state index contributed by atoms with van der Waals surface area (Å²) in [5.41, 5.74) is 7.95. The van der Waals surface area contributed by atoms with Crippen molar-refractivity contribution in [3.63, 3.8) is 0 Å². The molecular formula is C16H24N4O. The molecule has 21 heavy (non-hydrogen) atoms. The molecule has 1 unspecified atom stereocenters. The molecule has 0 spiro atoms. The molecule has 2 rings (SSSR count). The predicted molar refractivity (Wildman–Crippen MR) is 87.4 cm³/mol. The van der Waals surface area contributed by atoms with E-state index in [-0.39, 0.29) is 11.9 Å². The number of nitrogens with zero attached hydrogens (tertiary/aromatic N) is 1. The third-order valence-corrected chi connectivity index (χ3v) is 3.69. The van der Waals surface area contributed by atoms with Crippen LogP contribution in [0, 0.1) is 0 Å². The zero-order valence-electron chi connectivity index (χ0n) is 12.9. The van der Waals surface area contributed by atoms with E-state index in [9.17, 15) is 4.79 Å². The molecule has 1 heterocycles. The lowest BCUT2D eigenvalue weighted by Gasteiger charge is -2.23. The number of nitrogens with one attached hydrogen (secondary N) is 2. The van der Waals surface area contributed by atoms with Gasteiger partial charge in [0, 0.05) is 29.2 Å². The summed E-state index contributed by atoms with van der Waals surface area (Å²) in [6.07, 6.45) is 0. The van der Waals surface area contributed by atoms with Crippen LogP contribution in [0.3, 0.4) is 0 Å². The second-order valence-corrected chi connectivity index (χ2v) is 5.39. The number of benzene rings is 1. The molecule has 1 aromatic carbocycles. The fraction of sp³-hybridized carbons (Fsp3) is 0.438. The van der Waals surface area contributed by atoms with Gasteiger partial charge >= 0.3 is 0 Å². The summed E-state index contributed by atoms with van der Waals surface area (Å²) in [6, 6.07) is 7.52. The molecule has 0 saturated heterocycles. The van der Waals surface area contributed by atoms with Crippen molar-refractivity contribution >= 4 is 22.5 Å². The number of nitrogen functional groups attached to an aromatic ring is 1. The molecule has 0 saturated carbocycles. The van der Waals surface area contributed by atoms with E-state index in [0.717, 1.165) is 30.5 Å². The number of hydrogen-bond donors (Lipinski definition) is 3. The lowest BCUT2D eigenvalue weighted by Crippen LogP contribution is -2.42. The summed E-state index contributed by atoms with van der Waals surface area (Å²) in [6.45, 7) is 9.10. The lowest BCUT2D eigenvalue weighted by molar-refractivity contribution is 0.0926. The van der Waals surface area contributed by atoms with Gasteiger partial charge in [0.2, 0.25) is 0 Å². The fourth-order valence-electron chi connectivity index (χ4n) is 2.49. The van der Waals surface area contributed by atoms with E-state index in [4.69, 9.17) is 5.73 Å². The number of aromatic nitrogens is 1. The van der Waals surface area contributed by atoms with E-state index in [1.165, 1.54) is 0 Å². The normalized spacial score (nSPS) is 12.8. The fourth-order valence-corrected chi connectivity index (χ4v) is 2.49. The van der Waals surface area contributed by atoms with Crippen LogP contribution in [0.15, 0.2) is 24.3 Å². The highest BCUT2D eigenvalue weighted by Crippen LogP contribution is 2.18. The van der Waals surface area contributed by atoms with E-state index in [0.29, 0.717) is 11.4 Å². The number of fused-ring (bicyclic) bond motifs is 1. The zero-order chi connectivity index (χ0) is 15.4. The van der Waals surface area contributed by atoms with Gasteiger partial charge in [-0.1, -0.05) is 13.8 Å². The number of carbonyl (C=O) groups excluding carboxylic acids is 1. The van der Waals surface area contributed by atoms with Crippen molar-refractivity contribution in [2.24, 2.45) is 0 Å². The first-order valence-corrected chi connectivity index (χ1v) is 7.45. The minimum absolute atomic E-state index is 0.0792. The molecule has 0 aliphatic rings. The van der Waals surface area contributed by atoms with Crippen LogP contribution in [-0.4, -0.2) is 41.5 Å². The Morgan fingerprint density at radius 3 is 2.71 bits per heavy atom. The molecule has 1 aromatic heterocycles. The van der Waals surface area contributed by atoms with Crippen molar-refractivity contribution in [2.75, 3.05) is 25.4 Å². The van der Waals surface area contributed by atoms with Crippen molar-refractivity contribution in [3.8, 4) is 0 Å². The number of nitrogens with two attached hydrogens (primary N) is 1. The number of rotatable bonds is 6. The number of aromatic amines is 1. The topological polar surface area (TPSA) is 74.2 Å². The van der Waals surface area contributed by atoms with Gasteiger partial charge < -0.3 is 20.9 Å². The number of amides is 1. The molecule has 0 radical (unpaired) electrons. The molecule has 1 amide bonds. The summed E-state index contributed by atoms with van der Waals surface area (Å²) >= 11 is 0. The lowest BCUT2D eigenvalue weighted by atomic mass is 10.2. The molecule has 0 aliphatic carbocycles. The maximum Gasteiger partial charge on any atom is 0.267 e. The average molecular weight is 288 g/mol. The predicted octanol–water partition coefficient (Wildman–Crippen LogP) is 2.21. The van der Waals surface area contributed by atoms with Crippen molar-refractivity contribution in [1.29, 1.82) is 0 Å². The summed E-state index contributed by atoms with van der Waals surface area (Å²) in [4.78, 5) is 17.7. The number of H-pyrrole nitrogens is 1. The Balaban J connectivity index is 2.04. The van der Waals surface area contributed by atoms with E-state index < -0.39 is 0 Å². The highest BCUT2D eigenvalue weighted by Gasteiger charge is 2.14. The molecule has 0 bridgehead atoms. The number of likely N-dealkylation sites (N-methyl/N-ethyl adjacent to an activating group) is 1. The number of anilines is 1. The summed E-state index contributed by atoms with van der Waals surface area (Å²) < 4.78 is 0. The molecule has 4 N–H and O–H groups in total. The van der Waals surface area contributed by atoms with Gasteiger partial charge in [-0.15, -0.1) is 0 Å². The third kappa shape index (κ3) is 3.76. The second kappa shape index (κ2) is 6.63. The monoisotopic (exact) mass is 288 g/mol. The minimum Gasteiger partial charge on any atom is -0.399 e. The molecule has 0 aliphatic heterocycles. The first-order valence-electron chi connectivity index (χ1n) is 7.45. The van der Waals surface area contributed by atoms with Crippen LogP contribution >= 0.6 is 0 Å². The van der Waals surface area contributed by atoms with E-state index in [1.807, 2.05) is 31.2 Å². The highest BCUT2D eigenvalue weighted by molar-refractivity contribution is 5.98. The Kier molecular flexibility index (Phi) is 4.85. The molecule has 2 aromatic rings. The van der Waals surface area contributed by atoms with E-state index >= 15 is 0 Å². The van der Waals surface area contributed by atoms with Crippen molar-refractivity contribution in [3.05, 3.63) is 30.0 Å². The Morgan fingerprint density at radius 2 is 2.05 bits per heavy atom. The maximum absolute atomic E-state index is 12.3. The first kappa shape index (κ1) is 15.4. The maximum atomic E-state index is 12.3. The quantitative estimate of drug-likeness (QED) is 0.713. The Morgan fingerprint density at radius 1 is 1.33 bits per heavy atom. The van der Waals surface area contributed by atoms with Crippen LogP contribution in [0.1, 0.15) is 31.3 Å². The van der Waals surface area contributed by atoms with Gasteiger partial charge in [0.05, 0.1) is 0 Å². The van der Waals surface area contributed by atoms with E-state index in [1.54, 1.807) is 0 Å². The van der Waals surface area contributed by atoms with E-state index in [2.05, 4.69) is 29.0 Å². The van der Waals surface area contributed by atoms with Crippen LogP contribution in [0.4, 0.5) is 5.69 Å². The Bertz CT molecular complexity index is 616. The van der Waals surface area contributed by atoms with Crippen molar-refractivity contribution in [1.82, 2.24) is 15.2 Å². The SMILES string of the molecule is CCN(CC)CC(C)NC(=O)c1cc2cc(N)ccc2[nH]1. The standard InChI is InChI=1S/C16H24N4O/c1-4-20(5-2)10-11(3)18-16(21)15-9-12-8-13(17)6-7-14(12)19-15/h6-9,11,19H,4-5,10,17H2,1-3H3,(H,18,21). The van der Waals surface area contributed by atoms with Crippen molar-refractivity contribution < 1.29 is 4.79 Å². The summed E-state index contributed by atoms with van der Waals surface area (Å²) in [5, 5.41) is 3.98. The van der Waals surface area contributed by atoms with Gasteiger partial charge in [-0.3, -0.25) is 4.79 Å². The zero-order valence-corrected chi connectivity index (χ0v) is 12.9. The van der Waals surface area contributed by atoms with Crippen LogP contribution in [0.2, 0.25) is 0 Å². The largest absolute Gasteiger partial charge is 0.399 e. The summed E-state index contributed by atoms with van der Waals surface area (Å²) in [7, 11) is 0. The van der Waals surface area contributed by atoms with Crippen LogP contribution in [-0.2, 0) is 0 Å². The summed E-state index contributed by atoms with van der Waals surface area (Å²) in [5.74, 6) is -0.0792. The molecule has 1 atom stereocenters. The Labute approximate surface area is 125 Å². The second-order valence-electron chi connectivity index (χ2n) is 5.39. The number of carbonyl (C=O) groups is 1. The first-order chi connectivity index (χ1) is 10.0. The third-order valence-electron chi connectivity index (χ3n) is 3.69. The average Bonchev–Trinajstić information content (AvgIpc) is 2.87. The van der Waals surface area contributed by atoms with Crippen LogP contribution < -0.4 is 11.1 Å². The van der Waals surface area contributed by atoms with Crippen molar-refractivity contribution in [2.45, 2.75) is 26.8 Å². The number of hydrogen-bond acceptors (Lipinski definition) is 3.